The van der Waals surface area contributed by atoms with Crippen LogP contribution < -0.4 is 20.7 Å². The van der Waals surface area contributed by atoms with E-state index in [0.29, 0.717) is 11.2 Å². The van der Waals surface area contributed by atoms with Crippen molar-refractivity contribution in [1.29, 1.82) is 0 Å². The monoisotopic (exact) mass is 481 g/mol. The van der Waals surface area contributed by atoms with E-state index in [1.54, 1.807) is 6.20 Å². The lowest BCUT2D eigenvalue weighted by molar-refractivity contribution is -0.0592. The van der Waals surface area contributed by atoms with E-state index in [0.717, 1.165) is 66.4 Å². The van der Waals surface area contributed by atoms with Gasteiger partial charge in [0, 0.05) is 63.3 Å². The van der Waals surface area contributed by atoms with Crippen LogP contribution in [0, 0.1) is 5.41 Å². The minimum Gasteiger partial charge on any atom is -0.457 e. The van der Waals surface area contributed by atoms with Gasteiger partial charge in [-0.2, -0.15) is 0 Å². The number of anilines is 2. The predicted octanol–water partition coefficient (Wildman–Crippen LogP) is 3.64. The van der Waals surface area contributed by atoms with Crippen LogP contribution in [0.5, 0.6) is 11.5 Å². The molecule has 0 amide bonds. The van der Waals surface area contributed by atoms with E-state index >= 15 is 0 Å². The van der Waals surface area contributed by atoms with E-state index in [-0.39, 0.29) is 0 Å². The maximum Gasteiger partial charge on any atom is 0.210 e. The highest BCUT2D eigenvalue weighted by Crippen LogP contribution is 2.43. The Hall–Kier alpha value is -3.62. The maximum atomic E-state index is 6.38. The number of nitrogens with one attached hydrogen (secondary N) is 1. The van der Waals surface area contributed by atoms with Gasteiger partial charge in [0.15, 0.2) is 0 Å². The normalized spacial score (nSPS) is 19.8. The topological polar surface area (TPSA) is 84.0 Å². The number of nitrogen functional groups attached to an aromatic ring is 1. The second-order valence-corrected chi connectivity index (χ2v) is 10.4. The Balaban J connectivity index is 1.13. The first-order valence-corrected chi connectivity index (χ1v) is 12.8. The molecule has 7 rings (SSSR count). The summed E-state index contributed by atoms with van der Waals surface area (Å²) < 4.78 is 8.08. The van der Waals surface area contributed by atoms with Gasteiger partial charge >= 0.3 is 0 Å². The number of para-hydroxylation sites is 1. The van der Waals surface area contributed by atoms with E-state index < -0.39 is 0 Å². The first kappa shape index (κ1) is 21.6. The molecule has 0 saturated carbocycles. The van der Waals surface area contributed by atoms with E-state index in [4.69, 9.17) is 15.5 Å². The summed E-state index contributed by atoms with van der Waals surface area (Å²) in [7, 11) is 0. The molecule has 0 aliphatic carbocycles. The highest BCUT2D eigenvalue weighted by atomic mass is 16.5. The van der Waals surface area contributed by atoms with Crippen LogP contribution in [0.25, 0.3) is 16.8 Å². The maximum absolute atomic E-state index is 6.38. The lowest BCUT2D eigenvalue weighted by Gasteiger charge is -2.58. The van der Waals surface area contributed by atoms with Crippen LogP contribution in [0.1, 0.15) is 12.8 Å². The van der Waals surface area contributed by atoms with Crippen molar-refractivity contribution in [2.75, 3.05) is 49.9 Å². The van der Waals surface area contributed by atoms with Gasteiger partial charge in [-0.1, -0.05) is 18.2 Å². The molecule has 184 valence electrons. The Morgan fingerprint density at radius 1 is 0.944 bits per heavy atom. The molecule has 3 saturated heterocycles. The molecule has 3 aliphatic heterocycles. The number of nitrogens with zero attached hydrogens (tertiary/aromatic N) is 5. The molecule has 0 bridgehead atoms. The second kappa shape index (κ2) is 8.50. The van der Waals surface area contributed by atoms with Gasteiger partial charge in [0.25, 0.3) is 0 Å². The van der Waals surface area contributed by atoms with E-state index in [1.807, 2.05) is 60.8 Å². The van der Waals surface area contributed by atoms with Crippen molar-refractivity contribution in [3.8, 4) is 22.8 Å². The number of hydrogen-bond donors (Lipinski definition) is 2. The van der Waals surface area contributed by atoms with Crippen molar-refractivity contribution in [2.24, 2.45) is 5.41 Å². The number of ether oxygens (including phenoxy) is 1. The fourth-order valence-electron chi connectivity index (χ4n) is 5.88. The first-order chi connectivity index (χ1) is 17.7. The highest BCUT2D eigenvalue weighted by Gasteiger charge is 2.48. The first-order valence-electron chi connectivity index (χ1n) is 12.8. The Morgan fingerprint density at radius 3 is 2.36 bits per heavy atom. The van der Waals surface area contributed by atoms with Crippen LogP contribution in [0.2, 0.25) is 0 Å². The van der Waals surface area contributed by atoms with E-state index in [1.165, 1.54) is 25.9 Å². The number of rotatable bonds is 5. The molecular weight excluding hydrogens is 450 g/mol. The second-order valence-electron chi connectivity index (χ2n) is 10.4. The summed E-state index contributed by atoms with van der Waals surface area (Å²) in [6.07, 6.45) is 6.15. The molecule has 4 aromatic rings. The molecule has 0 unspecified atom stereocenters. The zero-order valence-corrected chi connectivity index (χ0v) is 20.3. The predicted molar refractivity (Wildman–Crippen MR) is 141 cm³/mol. The van der Waals surface area contributed by atoms with Gasteiger partial charge in [0.1, 0.15) is 28.5 Å². The van der Waals surface area contributed by atoms with Gasteiger partial charge in [-0.15, -0.1) is 0 Å². The van der Waals surface area contributed by atoms with E-state index in [9.17, 15) is 0 Å². The third-order valence-corrected chi connectivity index (χ3v) is 8.13. The molecule has 2 aromatic carbocycles. The molecule has 3 fully saturated rings. The summed E-state index contributed by atoms with van der Waals surface area (Å²) in [4.78, 5) is 14.6. The molecule has 0 radical (unpaired) electrons. The third-order valence-electron chi connectivity index (χ3n) is 8.13. The molecule has 8 nitrogen and oxygen atoms in total. The minimum atomic E-state index is 0.483. The number of piperidine rings is 1. The molecule has 8 heteroatoms. The standard InChI is InChI=1S/C28H31N7O/c29-26-25-24(20-6-8-23(9-7-20)36-22-4-2-1-3-5-22)32-27(35(25)15-12-31-26)33-13-10-28(11-14-33)18-34(19-28)21-16-30-17-21/h1-9,12,15,21,30H,10-11,13-14,16-19H2,(H2,29,31). The third kappa shape index (κ3) is 3.68. The summed E-state index contributed by atoms with van der Waals surface area (Å²) in [6.45, 7) is 6.83. The van der Waals surface area contributed by atoms with Gasteiger partial charge in [0.05, 0.1) is 0 Å². The molecule has 0 atom stereocenters. The van der Waals surface area contributed by atoms with Crippen molar-refractivity contribution in [2.45, 2.75) is 18.9 Å². The Kier molecular flexibility index (Phi) is 5.11. The van der Waals surface area contributed by atoms with Crippen LogP contribution in [0.15, 0.2) is 67.0 Å². The van der Waals surface area contributed by atoms with Gasteiger partial charge in [0.2, 0.25) is 5.95 Å². The molecule has 1 spiro atoms. The van der Waals surface area contributed by atoms with Crippen LogP contribution in [0.3, 0.4) is 0 Å². The quantitative estimate of drug-likeness (QED) is 0.450. The summed E-state index contributed by atoms with van der Waals surface area (Å²) in [5, 5.41) is 3.40. The number of hydrogen-bond acceptors (Lipinski definition) is 7. The number of imidazole rings is 1. The fraction of sp³-hybridized carbons (Fsp3) is 0.357. The van der Waals surface area contributed by atoms with Gasteiger partial charge in [-0.25, -0.2) is 9.97 Å². The zero-order chi connectivity index (χ0) is 24.1. The van der Waals surface area contributed by atoms with Crippen LogP contribution in [-0.4, -0.2) is 64.6 Å². The number of benzene rings is 2. The number of nitrogens with two attached hydrogens (primary N) is 1. The summed E-state index contributed by atoms with van der Waals surface area (Å²) >= 11 is 0. The van der Waals surface area contributed by atoms with Crippen LogP contribution >= 0.6 is 0 Å². The Morgan fingerprint density at radius 2 is 1.67 bits per heavy atom. The van der Waals surface area contributed by atoms with Crippen molar-refractivity contribution in [3.05, 3.63) is 67.0 Å². The number of aromatic nitrogens is 3. The minimum absolute atomic E-state index is 0.483. The fourth-order valence-corrected chi connectivity index (χ4v) is 5.88. The van der Waals surface area contributed by atoms with Gasteiger partial charge in [-0.05, 0) is 54.7 Å². The van der Waals surface area contributed by atoms with Gasteiger partial charge < -0.3 is 20.7 Å². The highest BCUT2D eigenvalue weighted by molar-refractivity contribution is 5.87. The van der Waals surface area contributed by atoms with Crippen molar-refractivity contribution < 1.29 is 4.74 Å². The summed E-state index contributed by atoms with van der Waals surface area (Å²) in [5.74, 6) is 3.05. The van der Waals surface area contributed by atoms with Crippen LogP contribution in [0.4, 0.5) is 11.8 Å². The molecule has 36 heavy (non-hydrogen) atoms. The summed E-state index contributed by atoms with van der Waals surface area (Å²) in [5.41, 5.74) is 9.57. The lowest BCUT2D eigenvalue weighted by Crippen LogP contribution is -2.69. The molecule has 2 aromatic heterocycles. The van der Waals surface area contributed by atoms with Crippen molar-refractivity contribution in [3.63, 3.8) is 0 Å². The number of likely N-dealkylation sites (tertiary alicyclic amines) is 1. The van der Waals surface area contributed by atoms with Crippen LogP contribution in [-0.2, 0) is 0 Å². The Bertz CT molecular complexity index is 1360. The average molecular weight is 482 g/mol. The SMILES string of the molecule is Nc1nccn2c(N3CCC4(CC3)CN(C3CNC3)C4)nc(-c3ccc(Oc4ccccc4)cc3)c12. The molecule has 5 heterocycles. The average Bonchev–Trinajstić information content (AvgIpc) is 3.25. The van der Waals surface area contributed by atoms with Crippen molar-refractivity contribution in [1.82, 2.24) is 24.6 Å². The van der Waals surface area contributed by atoms with Gasteiger partial charge in [-0.3, -0.25) is 9.30 Å². The zero-order valence-electron chi connectivity index (χ0n) is 20.3. The van der Waals surface area contributed by atoms with Crippen molar-refractivity contribution >= 4 is 17.3 Å². The Labute approximate surface area is 210 Å². The molecule has 3 N–H and O–H groups in total. The smallest absolute Gasteiger partial charge is 0.210 e. The van der Waals surface area contributed by atoms with E-state index in [2.05, 4.69) is 24.5 Å². The summed E-state index contributed by atoms with van der Waals surface area (Å²) in [6, 6.07) is 18.6. The largest absolute Gasteiger partial charge is 0.457 e. The molecule has 3 aliphatic rings. The number of fused-ring (bicyclic) bond motifs is 1. The molecular formula is C28H31N7O. The lowest BCUT2D eigenvalue weighted by atomic mass is 9.71.